The minimum atomic E-state index is -4.63. The molecule has 1 fully saturated rings. The molecule has 1 saturated carbocycles. The summed E-state index contributed by atoms with van der Waals surface area (Å²) in [5.74, 6) is -1.44. The number of nitrogens with zero attached hydrogens (tertiary/aromatic N) is 4. The summed E-state index contributed by atoms with van der Waals surface area (Å²) >= 11 is 0. The first-order valence-corrected chi connectivity index (χ1v) is 8.96. The number of amides is 1. The summed E-state index contributed by atoms with van der Waals surface area (Å²) in [6.07, 6.45) is -0.230. The van der Waals surface area contributed by atoms with E-state index in [1.165, 1.54) is 0 Å². The lowest BCUT2D eigenvalue weighted by Crippen LogP contribution is -2.51. The molecule has 0 atom stereocenters. The van der Waals surface area contributed by atoms with Crippen LogP contribution in [0.2, 0.25) is 0 Å². The van der Waals surface area contributed by atoms with Gasteiger partial charge < -0.3 is 11.1 Å². The molecule has 0 aliphatic heterocycles. The van der Waals surface area contributed by atoms with Gasteiger partial charge in [-0.2, -0.15) is 18.2 Å². The lowest BCUT2D eigenvalue weighted by atomic mass is 9.97. The van der Waals surface area contributed by atoms with Crippen LogP contribution in [0, 0.1) is 13.8 Å². The number of hydrogen-bond donors (Lipinski definition) is 2. The van der Waals surface area contributed by atoms with Crippen LogP contribution in [-0.4, -0.2) is 37.6 Å². The molecule has 0 bridgehead atoms. The molecule has 1 aliphatic rings. The zero-order valence-corrected chi connectivity index (χ0v) is 16.6. The van der Waals surface area contributed by atoms with Crippen molar-refractivity contribution in [3.63, 3.8) is 0 Å². The Kier molecular flexibility index (Phi) is 6.55. The Balaban J connectivity index is 0.00000280. The molecule has 0 radical (unpaired) electrons. The van der Waals surface area contributed by atoms with Gasteiger partial charge in [0.1, 0.15) is 0 Å². The third-order valence-corrected chi connectivity index (χ3v) is 5.26. The van der Waals surface area contributed by atoms with Gasteiger partial charge in [0, 0.05) is 24.4 Å². The largest absolute Gasteiger partial charge is 0.453 e. The average molecular weight is 421 g/mol. The zero-order valence-electron chi connectivity index (χ0n) is 15.8. The second-order valence-corrected chi connectivity index (χ2v) is 7.15. The summed E-state index contributed by atoms with van der Waals surface area (Å²) in [6.45, 7) is 3.76. The second-order valence-electron chi connectivity index (χ2n) is 7.15. The maximum atomic E-state index is 12.8. The molecule has 0 spiro atoms. The number of hydrogen-bond acceptors (Lipinski definition) is 5. The van der Waals surface area contributed by atoms with Gasteiger partial charge in [-0.15, -0.1) is 17.5 Å². The quantitative estimate of drug-likeness (QED) is 0.774. The van der Waals surface area contributed by atoms with Gasteiger partial charge in [-0.1, -0.05) is 12.8 Å². The summed E-state index contributed by atoms with van der Waals surface area (Å²) in [6, 6.07) is 0. The van der Waals surface area contributed by atoms with Gasteiger partial charge in [-0.25, -0.2) is 9.50 Å². The number of aryl methyl sites for hydroxylation is 2. The van der Waals surface area contributed by atoms with E-state index in [2.05, 4.69) is 20.4 Å². The number of aromatic nitrogens is 4. The van der Waals surface area contributed by atoms with E-state index < -0.39 is 12.0 Å². The molecule has 0 saturated heterocycles. The fourth-order valence-corrected chi connectivity index (χ4v) is 3.72. The van der Waals surface area contributed by atoms with Crippen molar-refractivity contribution in [2.75, 3.05) is 6.54 Å². The third-order valence-electron chi connectivity index (χ3n) is 5.26. The van der Waals surface area contributed by atoms with Crippen LogP contribution in [-0.2, 0) is 17.4 Å². The number of alkyl halides is 3. The molecule has 0 unspecified atom stereocenters. The van der Waals surface area contributed by atoms with Gasteiger partial charge in [-0.3, -0.25) is 4.79 Å². The van der Waals surface area contributed by atoms with E-state index in [1.807, 2.05) is 0 Å². The summed E-state index contributed by atoms with van der Waals surface area (Å²) < 4.78 is 39.6. The van der Waals surface area contributed by atoms with E-state index in [0.29, 0.717) is 29.9 Å². The first kappa shape index (κ1) is 22.4. The van der Waals surface area contributed by atoms with Crippen molar-refractivity contribution >= 4 is 24.1 Å². The number of rotatable bonds is 5. The van der Waals surface area contributed by atoms with E-state index in [0.717, 1.165) is 30.2 Å². The molecule has 1 aliphatic carbocycles. The van der Waals surface area contributed by atoms with Crippen molar-refractivity contribution in [3.05, 3.63) is 22.8 Å². The van der Waals surface area contributed by atoms with E-state index in [-0.39, 0.29) is 36.1 Å². The van der Waals surface area contributed by atoms with Crippen molar-refractivity contribution in [1.82, 2.24) is 24.9 Å². The van der Waals surface area contributed by atoms with Crippen molar-refractivity contribution < 1.29 is 18.0 Å². The Labute approximate surface area is 166 Å². The van der Waals surface area contributed by atoms with Crippen LogP contribution < -0.4 is 11.1 Å². The molecule has 28 heavy (non-hydrogen) atoms. The van der Waals surface area contributed by atoms with E-state index in [1.54, 1.807) is 13.8 Å². The third kappa shape index (κ3) is 4.38. The average Bonchev–Trinajstić information content (AvgIpc) is 3.21. The highest BCUT2D eigenvalue weighted by Gasteiger charge is 2.37. The summed E-state index contributed by atoms with van der Waals surface area (Å²) in [5.41, 5.74) is 7.26. The topological polar surface area (TPSA) is 98.2 Å². The molecule has 3 rings (SSSR count). The standard InChI is InChI=1S/C17H23F3N6O.ClH/c1-10-12(5-6-13(27)24-16(9-21)7-3-4-8-16)11(2)26-15(22-10)23-14(25-26)17(18,19)20;/h3-9,21H2,1-2H3,(H,24,27);1H. The molecular formula is C17H24ClF3N6O. The normalized spacial score (nSPS) is 16.2. The number of nitrogens with one attached hydrogen (secondary N) is 1. The smallest absolute Gasteiger partial charge is 0.349 e. The van der Waals surface area contributed by atoms with E-state index in [9.17, 15) is 18.0 Å². The Hall–Kier alpha value is -1.94. The first-order chi connectivity index (χ1) is 12.6. The number of carbonyl (C=O) groups is 1. The van der Waals surface area contributed by atoms with Crippen LogP contribution >= 0.6 is 12.4 Å². The fraction of sp³-hybridized carbons (Fsp3) is 0.647. The number of nitrogens with two attached hydrogens (primary N) is 1. The molecule has 11 heteroatoms. The van der Waals surface area contributed by atoms with Gasteiger partial charge in [0.05, 0.1) is 5.54 Å². The second kappa shape index (κ2) is 8.20. The van der Waals surface area contributed by atoms with Crippen LogP contribution in [0.3, 0.4) is 0 Å². The Morgan fingerprint density at radius 2 is 1.89 bits per heavy atom. The molecule has 3 N–H and O–H groups in total. The number of halogens is 4. The Morgan fingerprint density at radius 3 is 2.46 bits per heavy atom. The van der Waals surface area contributed by atoms with Crippen LogP contribution in [0.15, 0.2) is 0 Å². The summed E-state index contributed by atoms with van der Waals surface area (Å²) in [7, 11) is 0. The molecule has 7 nitrogen and oxygen atoms in total. The number of carbonyl (C=O) groups excluding carboxylic acids is 1. The first-order valence-electron chi connectivity index (χ1n) is 8.96. The van der Waals surface area contributed by atoms with Crippen molar-refractivity contribution in [2.24, 2.45) is 5.73 Å². The summed E-state index contributed by atoms with van der Waals surface area (Å²) in [5, 5.41) is 6.57. The molecule has 156 valence electrons. The van der Waals surface area contributed by atoms with Crippen LogP contribution in [0.5, 0.6) is 0 Å². The van der Waals surface area contributed by atoms with Crippen molar-refractivity contribution in [3.8, 4) is 0 Å². The zero-order chi connectivity index (χ0) is 19.8. The molecule has 1 amide bonds. The Morgan fingerprint density at radius 1 is 1.25 bits per heavy atom. The van der Waals surface area contributed by atoms with Gasteiger partial charge >= 0.3 is 6.18 Å². The van der Waals surface area contributed by atoms with Crippen molar-refractivity contribution in [1.29, 1.82) is 0 Å². The minimum Gasteiger partial charge on any atom is -0.349 e. The predicted octanol–water partition coefficient (Wildman–Crippen LogP) is 2.50. The van der Waals surface area contributed by atoms with Crippen LogP contribution in [0.25, 0.3) is 5.78 Å². The fourth-order valence-electron chi connectivity index (χ4n) is 3.72. The van der Waals surface area contributed by atoms with Gasteiger partial charge in [0.15, 0.2) is 0 Å². The highest BCUT2D eigenvalue weighted by atomic mass is 35.5. The van der Waals surface area contributed by atoms with E-state index in [4.69, 9.17) is 5.73 Å². The highest BCUT2D eigenvalue weighted by molar-refractivity contribution is 5.85. The highest BCUT2D eigenvalue weighted by Crippen LogP contribution is 2.29. The Bertz CT molecular complexity index is 861. The van der Waals surface area contributed by atoms with Crippen LogP contribution in [0.1, 0.15) is 54.9 Å². The lowest BCUT2D eigenvalue weighted by Gasteiger charge is -2.28. The van der Waals surface area contributed by atoms with Crippen LogP contribution in [0.4, 0.5) is 13.2 Å². The van der Waals surface area contributed by atoms with Crippen molar-refractivity contribution in [2.45, 2.75) is 64.1 Å². The summed E-state index contributed by atoms with van der Waals surface area (Å²) in [4.78, 5) is 20.0. The van der Waals surface area contributed by atoms with Gasteiger partial charge in [-0.05, 0) is 38.7 Å². The predicted molar refractivity (Wildman–Crippen MR) is 99.2 cm³/mol. The maximum Gasteiger partial charge on any atom is 0.453 e. The SMILES string of the molecule is Cc1nc2nc(C(F)(F)F)nn2c(C)c1CCC(=O)NC1(CN)CCCC1.Cl. The number of fused-ring (bicyclic) bond motifs is 1. The molecule has 2 heterocycles. The van der Waals surface area contributed by atoms with Gasteiger partial charge in [0.25, 0.3) is 11.6 Å². The monoisotopic (exact) mass is 420 g/mol. The molecule has 2 aromatic rings. The van der Waals surface area contributed by atoms with Gasteiger partial charge in [0.2, 0.25) is 5.91 Å². The molecule has 2 aromatic heterocycles. The minimum absolute atomic E-state index is 0. The van der Waals surface area contributed by atoms with E-state index >= 15 is 0 Å². The maximum absolute atomic E-state index is 12.8. The molecule has 0 aromatic carbocycles. The molecular weight excluding hydrogens is 397 g/mol. The lowest BCUT2D eigenvalue weighted by molar-refractivity contribution is -0.144.